The zero-order valence-electron chi connectivity index (χ0n) is 11.4. The zero-order valence-corrected chi connectivity index (χ0v) is 11.4. The Hall–Kier alpha value is -2.69. The normalized spacial score (nSPS) is 17.7. The van der Waals surface area contributed by atoms with Crippen molar-refractivity contribution in [1.29, 1.82) is 0 Å². The van der Waals surface area contributed by atoms with Gasteiger partial charge in [0.1, 0.15) is 0 Å². The Labute approximate surface area is 121 Å². The number of fused-ring (bicyclic) bond motifs is 1. The van der Waals surface area contributed by atoms with Gasteiger partial charge in [0, 0.05) is 11.8 Å². The number of nitrogens with one attached hydrogen (secondary N) is 1. The molecule has 1 atom stereocenters. The van der Waals surface area contributed by atoms with Gasteiger partial charge in [-0.15, -0.1) is 0 Å². The maximum Gasteiger partial charge on any atom is 0.272 e. The summed E-state index contributed by atoms with van der Waals surface area (Å²) < 4.78 is 0. The number of benzene rings is 1. The van der Waals surface area contributed by atoms with Crippen LogP contribution in [-0.2, 0) is 4.79 Å². The second-order valence-corrected chi connectivity index (χ2v) is 5.13. The summed E-state index contributed by atoms with van der Waals surface area (Å²) in [5, 5.41) is 8.14. The van der Waals surface area contributed by atoms with Crippen molar-refractivity contribution in [3.63, 3.8) is 0 Å². The Morgan fingerprint density at radius 3 is 2.76 bits per heavy atom. The second kappa shape index (κ2) is 5.36. The molecule has 1 aromatic carbocycles. The van der Waals surface area contributed by atoms with E-state index in [-0.39, 0.29) is 17.4 Å². The van der Waals surface area contributed by atoms with Gasteiger partial charge in [0.05, 0.1) is 11.1 Å². The van der Waals surface area contributed by atoms with E-state index in [0.717, 1.165) is 23.1 Å². The Bertz CT molecular complexity index is 818. The SMILES string of the molecule is NC(=O)CC1C=CC(c2n[nH]c(=O)c3ccccc23)=CC1. The minimum Gasteiger partial charge on any atom is -0.370 e. The third-order valence-corrected chi connectivity index (χ3v) is 3.62. The van der Waals surface area contributed by atoms with Crippen molar-refractivity contribution >= 4 is 22.3 Å². The van der Waals surface area contributed by atoms with Gasteiger partial charge in [-0.25, -0.2) is 5.10 Å². The van der Waals surface area contributed by atoms with Crippen molar-refractivity contribution < 1.29 is 4.79 Å². The highest BCUT2D eigenvalue weighted by Crippen LogP contribution is 2.27. The summed E-state index contributed by atoms with van der Waals surface area (Å²) >= 11 is 0. The minimum atomic E-state index is -0.297. The van der Waals surface area contributed by atoms with Gasteiger partial charge in [-0.1, -0.05) is 36.4 Å². The van der Waals surface area contributed by atoms with Crippen LogP contribution < -0.4 is 11.3 Å². The van der Waals surface area contributed by atoms with Gasteiger partial charge in [-0.3, -0.25) is 9.59 Å². The molecule has 5 heteroatoms. The van der Waals surface area contributed by atoms with E-state index in [0.29, 0.717) is 11.8 Å². The summed E-state index contributed by atoms with van der Waals surface area (Å²) in [6, 6.07) is 7.38. The number of allylic oxidation sites excluding steroid dienone is 4. The van der Waals surface area contributed by atoms with Gasteiger partial charge >= 0.3 is 0 Å². The fourth-order valence-electron chi connectivity index (χ4n) is 2.58. The van der Waals surface area contributed by atoms with Crippen LogP contribution >= 0.6 is 0 Å². The highest BCUT2D eigenvalue weighted by atomic mass is 16.1. The van der Waals surface area contributed by atoms with Crippen molar-refractivity contribution in [3.8, 4) is 0 Å². The van der Waals surface area contributed by atoms with Gasteiger partial charge in [0.2, 0.25) is 5.91 Å². The predicted molar refractivity (Wildman–Crippen MR) is 81.4 cm³/mol. The van der Waals surface area contributed by atoms with Crippen molar-refractivity contribution in [1.82, 2.24) is 10.2 Å². The van der Waals surface area contributed by atoms with E-state index in [1.165, 1.54) is 0 Å². The second-order valence-electron chi connectivity index (χ2n) is 5.13. The molecule has 0 saturated heterocycles. The molecule has 0 radical (unpaired) electrons. The number of carbonyl (C=O) groups excluding carboxylic acids is 1. The first-order valence-electron chi connectivity index (χ1n) is 6.79. The molecule has 0 fully saturated rings. The first-order valence-corrected chi connectivity index (χ1v) is 6.79. The standard InChI is InChI=1S/C16H15N3O2/c17-14(20)9-10-5-7-11(8-6-10)15-12-3-1-2-4-13(12)16(21)19-18-15/h1-5,7-8,10H,6,9H2,(H2,17,20)(H,19,21). The van der Waals surface area contributed by atoms with Crippen LogP contribution in [-0.4, -0.2) is 16.1 Å². The number of amides is 1. The summed E-state index contributed by atoms with van der Waals surface area (Å²) in [7, 11) is 0. The third-order valence-electron chi connectivity index (χ3n) is 3.62. The zero-order chi connectivity index (χ0) is 14.8. The number of nitrogens with zero attached hydrogens (tertiary/aromatic N) is 1. The van der Waals surface area contributed by atoms with Crippen molar-refractivity contribution in [2.75, 3.05) is 0 Å². The van der Waals surface area contributed by atoms with Gasteiger partial charge in [0.15, 0.2) is 0 Å². The number of H-pyrrole nitrogens is 1. The van der Waals surface area contributed by atoms with Gasteiger partial charge in [-0.05, 0) is 24.0 Å². The monoisotopic (exact) mass is 281 g/mol. The van der Waals surface area contributed by atoms with E-state index >= 15 is 0 Å². The number of rotatable bonds is 3. The number of aromatic amines is 1. The lowest BCUT2D eigenvalue weighted by atomic mass is 9.91. The number of nitrogens with two attached hydrogens (primary N) is 1. The van der Waals surface area contributed by atoms with Crippen molar-refractivity contribution in [2.45, 2.75) is 12.8 Å². The lowest BCUT2D eigenvalue weighted by Crippen LogP contribution is -2.16. The van der Waals surface area contributed by atoms with Crippen LogP contribution in [0.15, 0.2) is 47.3 Å². The van der Waals surface area contributed by atoms with E-state index in [9.17, 15) is 9.59 Å². The summed E-state index contributed by atoms with van der Waals surface area (Å²) in [6.45, 7) is 0. The molecule has 2 aromatic rings. The van der Waals surface area contributed by atoms with Gasteiger partial charge in [0.25, 0.3) is 5.56 Å². The molecule has 1 amide bonds. The highest BCUT2D eigenvalue weighted by Gasteiger charge is 2.15. The molecule has 3 N–H and O–H groups in total. The maximum atomic E-state index is 11.8. The van der Waals surface area contributed by atoms with Crippen LogP contribution in [0.1, 0.15) is 18.5 Å². The van der Waals surface area contributed by atoms with E-state index in [4.69, 9.17) is 5.73 Å². The van der Waals surface area contributed by atoms with Gasteiger partial charge < -0.3 is 5.73 Å². The van der Waals surface area contributed by atoms with E-state index < -0.39 is 0 Å². The number of aromatic nitrogens is 2. The van der Waals surface area contributed by atoms with Crippen LogP contribution in [0.3, 0.4) is 0 Å². The van der Waals surface area contributed by atoms with Crippen molar-refractivity contribution in [3.05, 3.63) is 58.5 Å². The molecule has 1 heterocycles. The molecule has 1 unspecified atom stereocenters. The number of carbonyl (C=O) groups is 1. The van der Waals surface area contributed by atoms with Crippen LogP contribution in [0.4, 0.5) is 0 Å². The van der Waals surface area contributed by atoms with Gasteiger partial charge in [-0.2, -0.15) is 5.10 Å². The summed E-state index contributed by atoms with van der Waals surface area (Å²) in [6.07, 6.45) is 7.02. The van der Waals surface area contributed by atoms with Crippen LogP contribution in [0, 0.1) is 5.92 Å². The molecular weight excluding hydrogens is 266 g/mol. The summed E-state index contributed by atoms with van der Waals surface area (Å²) in [5.41, 5.74) is 6.72. The minimum absolute atomic E-state index is 0.139. The maximum absolute atomic E-state index is 11.8. The van der Waals surface area contributed by atoms with Crippen LogP contribution in [0.25, 0.3) is 16.3 Å². The summed E-state index contributed by atoms with van der Waals surface area (Å²) in [5.74, 6) is -0.158. The molecular formula is C16H15N3O2. The average molecular weight is 281 g/mol. The van der Waals surface area contributed by atoms with E-state index in [1.807, 2.05) is 36.4 Å². The largest absolute Gasteiger partial charge is 0.370 e. The molecule has 1 aliphatic rings. The topological polar surface area (TPSA) is 88.8 Å². The number of hydrogen-bond acceptors (Lipinski definition) is 3. The van der Waals surface area contributed by atoms with Crippen LogP contribution in [0.2, 0.25) is 0 Å². The first kappa shape index (κ1) is 13.3. The molecule has 0 aliphatic heterocycles. The lowest BCUT2D eigenvalue weighted by molar-refractivity contribution is -0.118. The molecule has 106 valence electrons. The Morgan fingerprint density at radius 2 is 2.10 bits per heavy atom. The van der Waals surface area contributed by atoms with E-state index in [1.54, 1.807) is 6.07 Å². The molecule has 0 saturated carbocycles. The fraction of sp³-hybridized carbons (Fsp3) is 0.188. The number of hydrogen-bond donors (Lipinski definition) is 2. The summed E-state index contributed by atoms with van der Waals surface area (Å²) in [4.78, 5) is 22.7. The Kier molecular flexibility index (Phi) is 3.39. The average Bonchev–Trinajstić information content (AvgIpc) is 2.48. The molecule has 1 aromatic heterocycles. The van der Waals surface area contributed by atoms with E-state index in [2.05, 4.69) is 10.2 Å². The molecule has 0 bridgehead atoms. The number of primary amides is 1. The van der Waals surface area contributed by atoms with Crippen LogP contribution in [0.5, 0.6) is 0 Å². The molecule has 5 nitrogen and oxygen atoms in total. The van der Waals surface area contributed by atoms with Crippen molar-refractivity contribution in [2.24, 2.45) is 11.7 Å². The third kappa shape index (κ3) is 2.63. The lowest BCUT2D eigenvalue weighted by Gasteiger charge is -2.15. The predicted octanol–water partition coefficient (Wildman–Crippen LogP) is 1.76. The molecule has 0 spiro atoms. The molecule has 3 rings (SSSR count). The highest BCUT2D eigenvalue weighted by molar-refractivity contribution is 5.93. The molecule has 21 heavy (non-hydrogen) atoms. The smallest absolute Gasteiger partial charge is 0.272 e. The molecule has 1 aliphatic carbocycles. The Balaban J connectivity index is 1.98. The quantitative estimate of drug-likeness (QED) is 0.898. The Morgan fingerprint density at radius 1 is 1.33 bits per heavy atom. The first-order chi connectivity index (χ1) is 10.1. The fourth-order valence-corrected chi connectivity index (χ4v) is 2.58.